The smallest absolute Gasteiger partial charge is 0.251 e. The van der Waals surface area contributed by atoms with Crippen molar-refractivity contribution in [3.63, 3.8) is 0 Å². The van der Waals surface area contributed by atoms with Crippen LogP contribution >= 0.6 is 27.7 Å². The van der Waals surface area contributed by atoms with Gasteiger partial charge in [-0.3, -0.25) is 9.59 Å². The number of halogens is 1. The molecule has 0 heterocycles. The van der Waals surface area contributed by atoms with Crippen molar-refractivity contribution in [1.29, 1.82) is 0 Å². The van der Waals surface area contributed by atoms with Crippen LogP contribution in [0, 0.1) is 0 Å². The van der Waals surface area contributed by atoms with E-state index in [1.807, 2.05) is 30.5 Å². The summed E-state index contributed by atoms with van der Waals surface area (Å²) in [5.74, 6) is -0.538. The Morgan fingerprint density at radius 1 is 1.14 bits per heavy atom. The van der Waals surface area contributed by atoms with Crippen molar-refractivity contribution in [2.45, 2.75) is 4.90 Å². The standard InChI is InChI=1S/C16H15BrN2O2S/c1-22-14-4-2-3-13(9-14)19-15(20)10-18-16(21)11-5-7-12(17)8-6-11/h2-9H,10H2,1H3,(H,18,21)(H,19,20). The van der Waals surface area contributed by atoms with Crippen LogP contribution in [0.3, 0.4) is 0 Å². The zero-order valence-corrected chi connectivity index (χ0v) is 14.3. The molecule has 0 aliphatic heterocycles. The molecule has 2 rings (SSSR count). The Hall–Kier alpha value is -1.79. The molecule has 0 aliphatic rings. The van der Waals surface area contributed by atoms with Gasteiger partial charge in [0.1, 0.15) is 0 Å². The lowest BCUT2D eigenvalue weighted by Gasteiger charge is -2.08. The molecule has 0 spiro atoms. The fourth-order valence-electron chi connectivity index (χ4n) is 1.77. The fourth-order valence-corrected chi connectivity index (χ4v) is 2.49. The molecular weight excluding hydrogens is 364 g/mol. The van der Waals surface area contributed by atoms with Gasteiger partial charge in [-0.05, 0) is 48.7 Å². The van der Waals surface area contributed by atoms with Crippen molar-refractivity contribution in [1.82, 2.24) is 5.32 Å². The third-order valence-corrected chi connectivity index (χ3v) is 4.12. The predicted molar refractivity (Wildman–Crippen MR) is 93.3 cm³/mol. The molecule has 2 aromatic rings. The molecule has 0 unspecified atom stereocenters. The van der Waals surface area contributed by atoms with Crippen LogP contribution in [0.1, 0.15) is 10.4 Å². The topological polar surface area (TPSA) is 58.2 Å². The lowest BCUT2D eigenvalue weighted by atomic mass is 10.2. The number of benzene rings is 2. The molecule has 4 nitrogen and oxygen atoms in total. The number of carbonyl (C=O) groups excluding carboxylic acids is 2. The Bertz CT molecular complexity index is 674. The minimum absolute atomic E-state index is 0.0710. The van der Waals surface area contributed by atoms with E-state index in [0.29, 0.717) is 5.56 Å². The van der Waals surface area contributed by atoms with Crippen molar-refractivity contribution in [2.24, 2.45) is 0 Å². The first-order valence-corrected chi connectivity index (χ1v) is 8.58. The summed E-state index contributed by atoms with van der Waals surface area (Å²) in [5.41, 5.74) is 1.23. The normalized spacial score (nSPS) is 10.1. The second-order valence-electron chi connectivity index (χ2n) is 4.47. The van der Waals surface area contributed by atoms with Crippen LogP contribution in [0.25, 0.3) is 0 Å². The van der Waals surface area contributed by atoms with E-state index in [-0.39, 0.29) is 18.4 Å². The number of carbonyl (C=O) groups is 2. The number of nitrogens with one attached hydrogen (secondary N) is 2. The first-order chi connectivity index (χ1) is 10.6. The molecule has 2 amide bonds. The molecule has 2 N–H and O–H groups in total. The molecule has 0 aromatic heterocycles. The minimum atomic E-state index is -0.277. The highest BCUT2D eigenvalue weighted by Gasteiger charge is 2.08. The summed E-state index contributed by atoms with van der Waals surface area (Å²) >= 11 is 4.91. The SMILES string of the molecule is CSc1cccc(NC(=O)CNC(=O)c2ccc(Br)cc2)c1. The van der Waals surface area contributed by atoms with Gasteiger partial charge in [0.2, 0.25) is 5.91 Å². The molecule has 0 saturated heterocycles. The van der Waals surface area contributed by atoms with Gasteiger partial charge in [-0.25, -0.2) is 0 Å². The summed E-state index contributed by atoms with van der Waals surface area (Å²) in [5, 5.41) is 5.35. The lowest BCUT2D eigenvalue weighted by molar-refractivity contribution is -0.115. The first kappa shape index (κ1) is 16.6. The summed E-state index contributed by atoms with van der Waals surface area (Å²) in [6, 6.07) is 14.5. The van der Waals surface area contributed by atoms with Gasteiger partial charge < -0.3 is 10.6 Å². The van der Waals surface area contributed by atoms with Gasteiger partial charge >= 0.3 is 0 Å². The van der Waals surface area contributed by atoms with Crippen molar-refractivity contribution in [2.75, 3.05) is 18.1 Å². The quantitative estimate of drug-likeness (QED) is 0.782. The maximum absolute atomic E-state index is 11.9. The molecule has 0 saturated carbocycles. The van der Waals surface area contributed by atoms with Gasteiger partial charge in [-0.15, -0.1) is 11.8 Å². The monoisotopic (exact) mass is 378 g/mol. The van der Waals surface area contributed by atoms with Crippen LogP contribution in [-0.4, -0.2) is 24.6 Å². The number of hydrogen-bond acceptors (Lipinski definition) is 3. The third kappa shape index (κ3) is 4.89. The maximum atomic E-state index is 11.9. The largest absolute Gasteiger partial charge is 0.343 e. The summed E-state index contributed by atoms with van der Waals surface area (Å²) in [7, 11) is 0. The van der Waals surface area contributed by atoms with Crippen LogP contribution in [0.2, 0.25) is 0 Å². The van der Waals surface area contributed by atoms with Crippen LogP contribution < -0.4 is 10.6 Å². The van der Waals surface area contributed by atoms with Crippen LogP contribution in [-0.2, 0) is 4.79 Å². The lowest BCUT2D eigenvalue weighted by Crippen LogP contribution is -2.32. The molecule has 0 atom stereocenters. The number of thioether (sulfide) groups is 1. The molecule has 22 heavy (non-hydrogen) atoms. The highest BCUT2D eigenvalue weighted by atomic mass is 79.9. The maximum Gasteiger partial charge on any atom is 0.251 e. The van der Waals surface area contributed by atoms with Gasteiger partial charge in [0, 0.05) is 20.6 Å². The molecule has 6 heteroatoms. The van der Waals surface area contributed by atoms with Crippen molar-refractivity contribution >= 4 is 45.2 Å². The van der Waals surface area contributed by atoms with E-state index in [0.717, 1.165) is 15.1 Å². The predicted octanol–water partition coefficient (Wildman–Crippen LogP) is 3.54. The van der Waals surface area contributed by atoms with Crippen LogP contribution in [0.15, 0.2) is 57.9 Å². The molecular formula is C16H15BrN2O2S. The molecule has 2 aromatic carbocycles. The van der Waals surface area contributed by atoms with E-state index in [1.54, 1.807) is 36.0 Å². The van der Waals surface area contributed by atoms with Gasteiger partial charge in [-0.1, -0.05) is 22.0 Å². The second kappa shape index (κ2) is 8.00. The fraction of sp³-hybridized carbons (Fsp3) is 0.125. The van der Waals surface area contributed by atoms with Gasteiger partial charge in [0.25, 0.3) is 5.91 Å². The van der Waals surface area contributed by atoms with Crippen LogP contribution in [0.5, 0.6) is 0 Å². The summed E-state index contributed by atoms with van der Waals surface area (Å²) in [6.45, 7) is -0.0710. The summed E-state index contributed by atoms with van der Waals surface area (Å²) < 4.78 is 0.899. The molecule has 114 valence electrons. The number of rotatable bonds is 5. The van der Waals surface area contributed by atoms with E-state index in [1.165, 1.54) is 0 Å². The van der Waals surface area contributed by atoms with Gasteiger partial charge in [0.05, 0.1) is 6.54 Å². The van der Waals surface area contributed by atoms with Crippen molar-refractivity contribution in [3.05, 3.63) is 58.6 Å². The zero-order valence-electron chi connectivity index (χ0n) is 11.9. The van der Waals surface area contributed by atoms with E-state index in [2.05, 4.69) is 26.6 Å². The molecule has 0 aliphatic carbocycles. The first-order valence-electron chi connectivity index (χ1n) is 6.56. The summed E-state index contributed by atoms with van der Waals surface area (Å²) in [6.07, 6.45) is 1.97. The highest BCUT2D eigenvalue weighted by molar-refractivity contribution is 9.10. The number of hydrogen-bond donors (Lipinski definition) is 2. The van der Waals surface area contributed by atoms with E-state index >= 15 is 0 Å². The van der Waals surface area contributed by atoms with Gasteiger partial charge in [0.15, 0.2) is 0 Å². The van der Waals surface area contributed by atoms with Crippen LogP contribution in [0.4, 0.5) is 5.69 Å². The minimum Gasteiger partial charge on any atom is -0.343 e. The number of amides is 2. The third-order valence-electron chi connectivity index (χ3n) is 2.87. The Balaban J connectivity index is 1.87. The highest BCUT2D eigenvalue weighted by Crippen LogP contribution is 2.18. The van der Waals surface area contributed by atoms with E-state index in [9.17, 15) is 9.59 Å². The second-order valence-corrected chi connectivity index (χ2v) is 6.27. The average molecular weight is 379 g/mol. The molecule has 0 bridgehead atoms. The van der Waals surface area contributed by atoms with Crippen molar-refractivity contribution in [3.8, 4) is 0 Å². The Kier molecular flexibility index (Phi) is 6.03. The summed E-state index contributed by atoms with van der Waals surface area (Å²) in [4.78, 5) is 24.8. The zero-order chi connectivity index (χ0) is 15.9. The Morgan fingerprint density at radius 2 is 1.86 bits per heavy atom. The Labute approximate surface area is 141 Å². The van der Waals surface area contributed by atoms with Gasteiger partial charge in [-0.2, -0.15) is 0 Å². The van der Waals surface area contributed by atoms with E-state index in [4.69, 9.17) is 0 Å². The Morgan fingerprint density at radius 3 is 2.55 bits per heavy atom. The average Bonchev–Trinajstić information content (AvgIpc) is 2.53. The van der Waals surface area contributed by atoms with Crippen molar-refractivity contribution < 1.29 is 9.59 Å². The van der Waals surface area contributed by atoms with E-state index < -0.39 is 0 Å². The molecule has 0 fully saturated rings. The number of anilines is 1. The molecule has 0 radical (unpaired) electrons.